The zero-order chi connectivity index (χ0) is 15.4. The van der Waals surface area contributed by atoms with E-state index in [9.17, 15) is 4.79 Å². The molecule has 2 aromatic heterocycles. The Kier molecular flexibility index (Phi) is 5.12. The van der Waals surface area contributed by atoms with Crippen LogP contribution in [0.15, 0.2) is 16.9 Å². The number of aromatic amines is 1. The second kappa shape index (κ2) is 6.85. The van der Waals surface area contributed by atoms with Crippen LogP contribution in [-0.2, 0) is 13.1 Å². The van der Waals surface area contributed by atoms with E-state index in [0.717, 1.165) is 38.0 Å². The molecule has 6 heteroatoms. The van der Waals surface area contributed by atoms with Gasteiger partial charge in [-0.15, -0.1) is 0 Å². The molecule has 2 aromatic rings. The van der Waals surface area contributed by atoms with Gasteiger partial charge in [-0.3, -0.25) is 9.89 Å². The van der Waals surface area contributed by atoms with Crippen molar-refractivity contribution < 1.29 is 0 Å². The van der Waals surface area contributed by atoms with Crippen molar-refractivity contribution in [3.8, 4) is 11.4 Å². The molecule has 0 aliphatic heterocycles. The fraction of sp³-hybridized carbons (Fsp3) is 0.533. The normalized spacial score (nSPS) is 11.0. The summed E-state index contributed by atoms with van der Waals surface area (Å²) >= 11 is 5.28. The highest BCUT2D eigenvalue weighted by Crippen LogP contribution is 2.15. The third kappa shape index (κ3) is 3.15. The quantitative estimate of drug-likeness (QED) is 0.833. The van der Waals surface area contributed by atoms with Gasteiger partial charge in [0.2, 0.25) is 0 Å². The van der Waals surface area contributed by atoms with Gasteiger partial charge in [0.05, 0.1) is 5.56 Å². The molecule has 0 saturated carbocycles. The molecular weight excluding hydrogens is 284 g/mol. The smallest absolute Gasteiger partial charge is 0.261 e. The highest BCUT2D eigenvalue weighted by atomic mass is 32.1. The van der Waals surface area contributed by atoms with Crippen molar-refractivity contribution in [3.63, 3.8) is 0 Å². The number of unbranched alkanes of at least 4 members (excludes halogenated alkanes) is 1. The molecular formula is C15H22N4OS. The molecule has 0 saturated heterocycles. The second-order valence-electron chi connectivity index (χ2n) is 5.20. The van der Waals surface area contributed by atoms with Crippen molar-refractivity contribution in [2.45, 2.75) is 53.1 Å². The van der Waals surface area contributed by atoms with Gasteiger partial charge in [-0.1, -0.05) is 20.3 Å². The van der Waals surface area contributed by atoms with Crippen LogP contribution in [0.1, 0.15) is 38.8 Å². The topological polar surface area (TPSA) is 55.6 Å². The summed E-state index contributed by atoms with van der Waals surface area (Å²) in [5.74, 6) is 0.642. The zero-order valence-corrected chi connectivity index (χ0v) is 13.7. The standard InChI is InChI=1S/C15H22N4OS/c1-4-6-10-19-13(16-17-15(19)21)12-8-7-11(3)18(9-5-2)14(12)20/h7-8H,4-6,9-10H2,1-3H3,(H,17,21). The number of aryl methyl sites for hydroxylation is 1. The van der Waals surface area contributed by atoms with E-state index in [1.165, 1.54) is 0 Å². The molecule has 0 spiro atoms. The summed E-state index contributed by atoms with van der Waals surface area (Å²) < 4.78 is 4.29. The molecule has 2 heterocycles. The lowest BCUT2D eigenvalue weighted by Crippen LogP contribution is -2.24. The van der Waals surface area contributed by atoms with Crippen LogP contribution in [0.2, 0.25) is 0 Å². The Hall–Kier alpha value is -1.69. The lowest BCUT2D eigenvalue weighted by molar-refractivity contribution is 0.621. The molecule has 0 aliphatic rings. The van der Waals surface area contributed by atoms with Gasteiger partial charge < -0.3 is 9.13 Å². The molecule has 114 valence electrons. The van der Waals surface area contributed by atoms with Crippen LogP contribution in [0.5, 0.6) is 0 Å². The fourth-order valence-electron chi connectivity index (χ4n) is 2.39. The number of pyridine rings is 1. The van der Waals surface area contributed by atoms with Gasteiger partial charge in [-0.25, -0.2) is 0 Å². The maximum absolute atomic E-state index is 12.7. The predicted octanol–water partition coefficient (Wildman–Crippen LogP) is 3.29. The summed E-state index contributed by atoms with van der Waals surface area (Å²) in [4.78, 5) is 12.7. The van der Waals surface area contributed by atoms with Gasteiger partial charge in [0.25, 0.3) is 5.56 Å². The Morgan fingerprint density at radius 2 is 1.95 bits per heavy atom. The largest absolute Gasteiger partial charge is 0.312 e. The van der Waals surface area contributed by atoms with E-state index in [4.69, 9.17) is 12.2 Å². The molecule has 0 radical (unpaired) electrons. The van der Waals surface area contributed by atoms with E-state index < -0.39 is 0 Å². The molecule has 5 nitrogen and oxygen atoms in total. The number of rotatable bonds is 6. The van der Waals surface area contributed by atoms with Gasteiger partial charge in [-0.05, 0) is 44.1 Å². The van der Waals surface area contributed by atoms with Crippen LogP contribution in [-0.4, -0.2) is 19.3 Å². The van der Waals surface area contributed by atoms with E-state index in [2.05, 4.69) is 24.0 Å². The Morgan fingerprint density at radius 3 is 2.62 bits per heavy atom. The monoisotopic (exact) mass is 306 g/mol. The lowest BCUT2D eigenvalue weighted by Gasteiger charge is -2.11. The van der Waals surface area contributed by atoms with Gasteiger partial charge in [0.15, 0.2) is 10.6 Å². The summed E-state index contributed by atoms with van der Waals surface area (Å²) in [7, 11) is 0. The second-order valence-corrected chi connectivity index (χ2v) is 5.59. The summed E-state index contributed by atoms with van der Waals surface area (Å²) in [5.41, 5.74) is 1.58. The molecule has 0 aliphatic carbocycles. The van der Waals surface area contributed by atoms with Crippen molar-refractivity contribution in [3.05, 3.63) is 33.0 Å². The summed E-state index contributed by atoms with van der Waals surface area (Å²) in [6.45, 7) is 7.65. The number of nitrogens with zero attached hydrogens (tertiary/aromatic N) is 3. The molecule has 0 bridgehead atoms. The molecule has 1 N–H and O–H groups in total. The van der Waals surface area contributed by atoms with Gasteiger partial charge in [-0.2, -0.15) is 5.10 Å². The number of aromatic nitrogens is 4. The van der Waals surface area contributed by atoms with E-state index in [-0.39, 0.29) is 5.56 Å². The third-order valence-corrected chi connectivity index (χ3v) is 3.89. The molecule has 0 fully saturated rings. The highest BCUT2D eigenvalue weighted by Gasteiger charge is 2.14. The van der Waals surface area contributed by atoms with Gasteiger partial charge >= 0.3 is 0 Å². The van der Waals surface area contributed by atoms with Crippen molar-refractivity contribution in [2.75, 3.05) is 0 Å². The van der Waals surface area contributed by atoms with Gasteiger partial charge in [0, 0.05) is 18.8 Å². The molecule has 0 aromatic carbocycles. The summed E-state index contributed by atoms with van der Waals surface area (Å²) in [6, 6.07) is 3.81. The van der Waals surface area contributed by atoms with Gasteiger partial charge in [0.1, 0.15) is 0 Å². The fourth-order valence-corrected chi connectivity index (χ4v) is 2.61. The highest BCUT2D eigenvalue weighted by molar-refractivity contribution is 7.71. The number of hydrogen-bond acceptors (Lipinski definition) is 3. The SMILES string of the molecule is CCCCn1c(-c2ccc(C)n(CCC)c2=O)n[nH]c1=S. The third-order valence-electron chi connectivity index (χ3n) is 3.57. The Labute approximate surface area is 129 Å². The Bertz CT molecular complexity index is 726. The van der Waals surface area contributed by atoms with Crippen molar-refractivity contribution in [1.82, 2.24) is 19.3 Å². The Balaban J connectivity index is 2.55. The van der Waals surface area contributed by atoms with Crippen molar-refractivity contribution >= 4 is 12.2 Å². The Morgan fingerprint density at radius 1 is 1.19 bits per heavy atom. The number of hydrogen-bond donors (Lipinski definition) is 1. The van der Waals surface area contributed by atoms with Crippen LogP contribution in [0.4, 0.5) is 0 Å². The molecule has 2 rings (SSSR count). The van der Waals surface area contributed by atoms with Crippen LogP contribution >= 0.6 is 12.2 Å². The maximum Gasteiger partial charge on any atom is 0.261 e. The predicted molar refractivity (Wildman–Crippen MR) is 87.0 cm³/mol. The first-order valence-electron chi connectivity index (χ1n) is 7.46. The van der Waals surface area contributed by atoms with Crippen molar-refractivity contribution in [1.29, 1.82) is 0 Å². The molecule has 21 heavy (non-hydrogen) atoms. The average molecular weight is 306 g/mol. The van der Waals surface area contributed by atoms with Crippen LogP contribution in [0, 0.1) is 11.7 Å². The zero-order valence-electron chi connectivity index (χ0n) is 12.8. The number of nitrogens with one attached hydrogen (secondary N) is 1. The lowest BCUT2D eigenvalue weighted by atomic mass is 10.2. The van der Waals surface area contributed by atoms with E-state index in [1.807, 2.05) is 23.6 Å². The van der Waals surface area contributed by atoms with Crippen LogP contribution in [0.25, 0.3) is 11.4 Å². The van der Waals surface area contributed by atoms with Crippen LogP contribution in [0.3, 0.4) is 0 Å². The first kappa shape index (κ1) is 15.7. The first-order chi connectivity index (χ1) is 10.1. The summed E-state index contributed by atoms with van der Waals surface area (Å²) in [5, 5.41) is 7.07. The minimum atomic E-state index is 0.00333. The van der Waals surface area contributed by atoms with Crippen LogP contribution < -0.4 is 5.56 Å². The minimum absolute atomic E-state index is 0.00333. The van der Waals surface area contributed by atoms with E-state index >= 15 is 0 Å². The molecule has 0 atom stereocenters. The first-order valence-corrected chi connectivity index (χ1v) is 7.87. The minimum Gasteiger partial charge on any atom is -0.312 e. The summed E-state index contributed by atoms with van der Waals surface area (Å²) in [6.07, 6.45) is 3.00. The van der Waals surface area contributed by atoms with Crippen molar-refractivity contribution in [2.24, 2.45) is 0 Å². The number of H-pyrrole nitrogens is 1. The average Bonchev–Trinajstić information content (AvgIpc) is 2.82. The molecule has 0 amide bonds. The molecule has 0 unspecified atom stereocenters. The van der Waals surface area contributed by atoms with E-state index in [1.54, 1.807) is 4.57 Å². The maximum atomic E-state index is 12.7. The van der Waals surface area contributed by atoms with E-state index in [0.29, 0.717) is 16.2 Å².